The van der Waals surface area contributed by atoms with Gasteiger partial charge in [0.15, 0.2) is 35.7 Å². The van der Waals surface area contributed by atoms with Gasteiger partial charge in [0.1, 0.15) is 12.4 Å². The first-order valence-corrected chi connectivity index (χ1v) is 15.3. The molecule has 7 nitrogen and oxygen atoms in total. The van der Waals surface area contributed by atoms with E-state index in [2.05, 4.69) is 70.8 Å². The molecule has 2 aromatic heterocycles. The normalized spacial score (nSPS) is 13.1. The molecular weight excluding hydrogens is 562 g/mol. The van der Waals surface area contributed by atoms with Crippen LogP contribution < -0.4 is 35.9 Å². The van der Waals surface area contributed by atoms with Gasteiger partial charge in [-0.3, -0.25) is 0 Å². The van der Waals surface area contributed by atoms with Crippen LogP contribution in [0.3, 0.4) is 0 Å². The fourth-order valence-corrected chi connectivity index (χ4v) is 6.38. The molecule has 0 aliphatic carbocycles. The quantitative estimate of drug-likeness (QED) is 0.167. The Kier molecular flexibility index (Phi) is 8.61. The monoisotopic (exact) mass is 599 g/mol. The zero-order valence-electron chi connectivity index (χ0n) is 24.9. The Morgan fingerprint density at radius 3 is 2.63 bits per heavy atom. The molecule has 0 unspecified atom stereocenters. The molecule has 43 heavy (non-hydrogen) atoms. The molecule has 0 bridgehead atoms. The second-order valence-electron chi connectivity index (χ2n) is 11.3. The van der Waals surface area contributed by atoms with Gasteiger partial charge in [-0.1, -0.05) is 51.2 Å². The highest BCUT2D eigenvalue weighted by atomic mass is 35.5. The first-order valence-electron chi connectivity index (χ1n) is 15.3. The number of aryl methyl sites for hydroxylation is 3. The Bertz CT molecular complexity index is 1770. The summed E-state index contributed by atoms with van der Waals surface area (Å²) in [5.41, 5.74) is 5.82. The van der Waals surface area contributed by atoms with Crippen molar-refractivity contribution in [2.24, 2.45) is 0 Å². The fraction of sp³-hybridized carbons (Fsp3) is 0.371. The van der Waals surface area contributed by atoms with Crippen LogP contribution in [0.2, 0.25) is 0 Å². The van der Waals surface area contributed by atoms with Crippen LogP contribution in [0, 0.1) is 0 Å². The van der Waals surface area contributed by atoms with E-state index in [-0.39, 0.29) is 19.2 Å². The molecule has 0 amide bonds. The summed E-state index contributed by atoms with van der Waals surface area (Å²) in [5.74, 6) is 4.07. The molecular formula is C35H38ClN3O4. The summed E-state index contributed by atoms with van der Waals surface area (Å²) in [4.78, 5) is 4.99. The Morgan fingerprint density at radius 1 is 0.953 bits per heavy atom. The Labute approximate surface area is 258 Å². The highest BCUT2D eigenvalue weighted by Crippen LogP contribution is 2.42. The van der Waals surface area contributed by atoms with Crippen molar-refractivity contribution in [1.82, 2.24) is 9.55 Å². The molecule has 3 aromatic carbocycles. The summed E-state index contributed by atoms with van der Waals surface area (Å²) in [6.45, 7) is 4.73. The number of unbranched alkanes of at least 4 members (excludes halogenated alkanes) is 5. The van der Waals surface area contributed by atoms with Gasteiger partial charge in [0.2, 0.25) is 12.5 Å². The number of ether oxygens (including phenoxy) is 4. The van der Waals surface area contributed by atoms with Crippen LogP contribution in [0.5, 0.6) is 23.0 Å². The van der Waals surface area contributed by atoms with Gasteiger partial charge < -0.3 is 35.9 Å². The van der Waals surface area contributed by atoms with Gasteiger partial charge in [0.05, 0.1) is 29.1 Å². The number of halogens is 1. The predicted octanol–water partition coefficient (Wildman–Crippen LogP) is 4.38. The lowest BCUT2D eigenvalue weighted by Gasteiger charge is -2.18. The summed E-state index contributed by atoms with van der Waals surface area (Å²) < 4.78 is 28.4. The molecule has 4 heterocycles. The zero-order valence-corrected chi connectivity index (χ0v) is 25.7. The maximum absolute atomic E-state index is 6.62. The van der Waals surface area contributed by atoms with Gasteiger partial charge in [-0.15, -0.1) is 0 Å². The first kappa shape index (κ1) is 29.1. The molecule has 0 atom stereocenters. The van der Waals surface area contributed by atoms with Crippen molar-refractivity contribution in [1.29, 1.82) is 0 Å². The number of fused-ring (bicyclic) bond motifs is 6. The number of nitrogens with zero attached hydrogens (tertiary/aromatic N) is 3. The molecule has 2 aliphatic rings. The van der Waals surface area contributed by atoms with Gasteiger partial charge in [0.25, 0.3) is 0 Å². The lowest BCUT2D eigenvalue weighted by Crippen LogP contribution is -3.00. The van der Waals surface area contributed by atoms with Crippen LogP contribution >= 0.6 is 0 Å². The number of imidazole rings is 1. The van der Waals surface area contributed by atoms with E-state index in [0.717, 1.165) is 71.0 Å². The number of rotatable bonds is 11. The SMILES string of the molecule is CCCCCCCCn1c(COc2c(OC)ccc3cc4[n+](cc23)CCc2cc3c(cc2-4)OCO3)nc2ccccc21.[Cl-]. The molecule has 5 aromatic rings. The summed E-state index contributed by atoms with van der Waals surface area (Å²) in [6.07, 6.45) is 10.7. The minimum Gasteiger partial charge on any atom is -1.00 e. The van der Waals surface area contributed by atoms with Crippen molar-refractivity contribution < 1.29 is 35.9 Å². The minimum absolute atomic E-state index is 0. The Morgan fingerprint density at radius 2 is 1.77 bits per heavy atom. The van der Waals surface area contributed by atoms with Crippen molar-refractivity contribution >= 4 is 21.8 Å². The van der Waals surface area contributed by atoms with E-state index in [9.17, 15) is 0 Å². The largest absolute Gasteiger partial charge is 1.00 e. The standard InChI is InChI=1S/C35H38N3O4.ClH/c1-3-4-5-6-7-10-16-38-29-12-9-8-11-28(29)36-34(38)22-40-35-27-21-37-17-15-25-19-32-33(42-23-41-32)20-26(25)30(37)18-24(27)13-14-31(35)39-2;/h8-9,11-14,18-21H,3-7,10,15-17,22-23H2,1-2H3;1H/q+1;/p-1. The van der Waals surface area contributed by atoms with Gasteiger partial charge in [-0.2, -0.15) is 4.57 Å². The molecule has 2 aliphatic heterocycles. The van der Waals surface area contributed by atoms with E-state index in [1.165, 1.54) is 54.4 Å². The third-order valence-corrected chi connectivity index (χ3v) is 8.61. The average molecular weight is 600 g/mol. The van der Waals surface area contributed by atoms with Crippen molar-refractivity contribution in [2.75, 3.05) is 13.9 Å². The molecule has 224 valence electrons. The number of benzene rings is 3. The summed E-state index contributed by atoms with van der Waals surface area (Å²) in [6, 6.07) is 19.0. The fourth-order valence-electron chi connectivity index (χ4n) is 6.38. The van der Waals surface area contributed by atoms with Crippen LogP contribution in [0.15, 0.2) is 60.8 Å². The molecule has 0 radical (unpaired) electrons. The second-order valence-corrected chi connectivity index (χ2v) is 11.3. The number of hydrogen-bond acceptors (Lipinski definition) is 5. The smallest absolute Gasteiger partial charge is 0.231 e. The highest BCUT2D eigenvalue weighted by Gasteiger charge is 2.29. The van der Waals surface area contributed by atoms with Gasteiger partial charge in [0, 0.05) is 19.0 Å². The van der Waals surface area contributed by atoms with Crippen LogP contribution in [0.25, 0.3) is 33.1 Å². The number of methoxy groups -OCH3 is 1. The maximum Gasteiger partial charge on any atom is 0.231 e. The van der Waals surface area contributed by atoms with Crippen molar-refractivity contribution in [3.63, 3.8) is 0 Å². The third kappa shape index (κ3) is 5.58. The lowest BCUT2D eigenvalue weighted by atomic mass is 9.95. The van der Waals surface area contributed by atoms with Crippen LogP contribution in [-0.4, -0.2) is 23.5 Å². The summed E-state index contributed by atoms with van der Waals surface area (Å²) in [5, 5.41) is 2.13. The van der Waals surface area contributed by atoms with Crippen LogP contribution in [0.1, 0.15) is 56.8 Å². The second kappa shape index (κ2) is 12.7. The zero-order chi connectivity index (χ0) is 28.5. The van der Waals surface area contributed by atoms with Crippen LogP contribution in [0.4, 0.5) is 0 Å². The first-order chi connectivity index (χ1) is 20.7. The van der Waals surface area contributed by atoms with E-state index >= 15 is 0 Å². The van der Waals surface area contributed by atoms with Gasteiger partial charge >= 0.3 is 0 Å². The van der Waals surface area contributed by atoms with Gasteiger partial charge in [-0.25, -0.2) is 4.98 Å². The molecule has 0 spiro atoms. The minimum atomic E-state index is 0. The van der Waals surface area contributed by atoms with Gasteiger partial charge in [-0.05, 0) is 53.8 Å². The average Bonchev–Trinajstić information content (AvgIpc) is 3.63. The van der Waals surface area contributed by atoms with E-state index in [4.69, 9.17) is 23.9 Å². The molecule has 0 saturated carbocycles. The Balaban J connectivity index is 0.00000329. The van der Waals surface area contributed by atoms with Crippen LogP contribution in [-0.2, 0) is 26.1 Å². The van der Waals surface area contributed by atoms with E-state index in [1.807, 2.05) is 6.07 Å². The number of hydrogen-bond donors (Lipinski definition) is 0. The number of pyridine rings is 1. The maximum atomic E-state index is 6.62. The van der Waals surface area contributed by atoms with Crippen molar-refractivity contribution in [2.45, 2.75) is 71.6 Å². The lowest BCUT2D eigenvalue weighted by molar-refractivity contribution is -0.686. The topological polar surface area (TPSA) is 58.6 Å². The molecule has 0 saturated heterocycles. The van der Waals surface area contributed by atoms with E-state index in [1.54, 1.807) is 7.11 Å². The Hall–Kier alpha value is -3.97. The molecule has 0 N–H and O–H groups in total. The van der Waals surface area contributed by atoms with Crippen molar-refractivity contribution in [3.8, 4) is 34.3 Å². The molecule has 7 rings (SSSR count). The van der Waals surface area contributed by atoms with E-state index in [0.29, 0.717) is 6.61 Å². The predicted molar refractivity (Wildman–Crippen MR) is 163 cm³/mol. The van der Waals surface area contributed by atoms with E-state index < -0.39 is 0 Å². The number of para-hydroxylation sites is 2. The molecule has 8 heteroatoms. The third-order valence-electron chi connectivity index (χ3n) is 8.61. The number of aromatic nitrogens is 3. The highest BCUT2D eigenvalue weighted by molar-refractivity contribution is 5.91. The summed E-state index contributed by atoms with van der Waals surface area (Å²) >= 11 is 0. The van der Waals surface area contributed by atoms with Crippen molar-refractivity contribution in [3.05, 3.63) is 72.2 Å². The molecule has 0 fully saturated rings. The summed E-state index contributed by atoms with van der Waals surface area (Å²) in [7, 11) is 1.70.